The number of nitrogens with one attached hydrogen (secondary N) is 1. The Morgan fingerprint density at radius 1 is 1.13 bits per heavy atom. The molecule has 0 spiro atoms. The monoisotopic (exact) mass is 456 g/mol. The van der Waals surface area contributed by atoms with Crippen LogP contribution in [0.1, 0.15) is 32.8 Å². The van der Waals surface area contributed by atoms with Gasteiger partial charge >= 0.3 is 0 Å². The van der Waals surface area contributed by atoms with Gasteiger partial charge in [-0.3, -0.25) is 9.52 Å². The zero-order chi connectivity index (χ0) is 22.2. The van der Waals surface area contributed by atoms with Crippen molar-refractivity contribution in [3.05, 3.63) is 69.4 Å². The Kier molecular flexibility index (Phi) is 5.77. The first-order chi connectivity index (χ1) is 14.8. The lowest BCUT2D eigenvalue weighted by Gasteiger charge is -2.29. The van der Waals surface area contributed by atoms with E-state index in [9.17, 15) is 13.2 Å². The van der Waals surface area contributed by atoms with Crippen molar-refractivity contribution >= 4 is 38.6 Å². The van der Waals surface area contributed by atoms with Gasteiger partial charge in [-0.1, -0.05) is 12.1 Å². The number of amides is 1. The molecule has 3 aromatic rings. The van der Waals surface area contributed by atoms with Gasteiger partial charge in [0.05, 0.1) is 17.7 Å². The summed E-state index contributed by atoms with van der Waals surface area (Å²) in [6.45, 7) is 4.37. The summed E-state index contributed by atoms with van der Waals surface area (Å²) in [7, 11) is -2.42. The Morgan fingerprint density at radius 3 is 2.61 bits per heavy atom. The van der Waals surface area contributed by atoms with Gasteiger partial charge < -0.3 is 9.64 Å². The van der Waals surface area contributed by atoms with Crippen LogP contribution in [0, 0.1) is 13.8 Å². The van der Waals surface area contributed by atoms with E-state index in [-0.39, 0.29) is 10.8 Å². The topological polar surface area (TPSA) is 75.7 Å². The van der Waals surface area contributed by atoms with Crippen LogP contribution in [0.15, 0.2) is 52.7 Å². The molecule has 8 heteroatoms. The van der Waals surface area contributed by atoms with E-state index in [4.69, 9.17) is 4.74 Å². The lowest BCUT2D eigenvalue weighted by molar-refractivity contribution is 0.0989. The van der Waals surface area contributed by atoms with Crippen LogP contribution in [0.25, 0.3) is 0 Å². The number of sulfonamides is 1. The average molecular weight is 457 g/mol. The van der Waals surface area contributed by atoms with Crippen molar-refractivity contribution in [3.63, 3.8) is 0 Å². The SMILES string of the molecule is COc1cc(C)c(C)cc1S(=O)(=O)Nc1ccc2c(c1)N(C(=O)c1cccs1)CCC2. The maximum atomic E-state index is 13.1. The first-order valence-electron chi connectivity index (χ1n) is 9.96. The van der Waals surface area contributed by atoms with Gasteiger partial charge in [-0.15, -0.1) is 11.3 Å². The van der Waals surface area contributed by atoms with E-state index in [2.05, 4.69) is 4.72 Å². The zero-order valence-electron chi connectivity index (χ0n) is 17.6. The number of anilines is 2. The molecule has 0 atom stereocenters. The maximum Gasteiger partial charge on any atom is 0.268 e. The summed E-state index contributed by atoms with van der Waals surface area (Å²) in [6.07, 6.45) is 1.72. The third kappa shape index (κ3) is 4.18. The molecule has 31 heavy (non-hydrogen) atoms. The summed E-state index contributed by atoms with van der Waals surface area (Å²) in [4.78, 5) is 15.5. The largest absolute Gasteiger partial charge is 0.495 e. The van der Waals surface area contributed by atoms with Crippen LogP contribution in [0.5, 0.6) is 5.75 Å². The molecule has 0 saturated carbocycles. The number of nitrogens with zero attached hydrogens (tertiary/aromatic N) is 1. The van der Waals surface area contributed by atoms with E-state index in [1.807, 2.05) is 31.4 Å². The van der Waals surface area contributed by atoms with Crippen molar-refractivity contribution in [1.29, 1.82) is 0 Å². The number of rotatable bonds is 5. The van der Waals surface area contributed by atoms with Crippen LogP contribution < -0.4 is 14.4 Å². The number of carbonyl (C=O) groups excluding carboxylic acids is 1. The fourth-order valence-corrected chi connectivity index (χ4v) is 5.68. The third-order valence-corrected chi connectivity index (χ3v) is 7.76. The minimum atomic E-state index is -3.88. The minimum Gasteiger partial charge on any atom is -0.495 e. The fraction of sp³-hybridized carbons (Fsp3) is 0.261. The summed E-state index contributed by atoms with van der Waals surface area (Å²) in [5.41, 5.74) is 4.00. The van der Waals surface area contributed by atoms with Gasteiger partial charge in [-0.05, 0) is 79.1 Å². The molecule has 0 bridgehead atoms. The van der Waals surface area contributed by atoms with E-state index >= 15 is 0 Å². The highest BCUT2D eigenvalue weighted by Gasteiger charge is 2.26. The molecule has 1 aliphatic heterocycles. The molecule has 1 amide bonds. The molecule has 1 N–H and O–H groups in total. The third-order valence-electron chi connectivity index (χ3n) is 5.50. The standard InChI is InChI=1S/C23H24N2O4S2/c1-15-12-20(29-3)22(13-16(15)2)31(27,28)24-18-9-8-17-6-4-10-25(19(17)14-18)23(26)21-7-5-11-30-21/h5,7-9,11-14,24H,4,6,10H2,1-3H3. The lowest BCUT2D eigenvalue weighted by Crippen LogP contribution is -2.35. The van der Waals surface area contributed by atoms with E-state index in [1.165, 1.54) is 18.4 Å². The maximum absolute atomic E-state index is 13.1. The Hall–Kier alpha value is -2.84. The van der Waals surface area contributed by atoms with Crippen molar-refractivity contribution in [2.24, 2.45) is 0 Å². The molecule has 0 radical (unpaired) electrons. The van der Waals surface area contributed by atoms with E-state index in [1.54, 1.807) is 35.2 Å². The van der Waals surface area contributed by atoms with Crippen LogP contribution in [-0.2, 0) is 16.4 Å². The van der Waals surface area contributed by atoms with Crippen LogP contribution in [0.3, 0.4) is 0 Å². The summed E-state index contributed by atoms with van der Waals surface area (Å²) in [5.74, 6) is 0.231. The average Bonchev–Trinajstić information content (AvgIpc) is 3.29. The second-order valence-electron chi connectivity index (χ2n) is 7.57. The summed E-state index contributed by atoms with van der Waals surface area (Å²) in [5, 5.41) is 1.87. The summed E-state index contributed by atoms with van der Waals surface area (Å²) in [6, 6.07) is 12.4. The van der Waals surface area contributed by atoms with Gasteiger partial charge in [0.15, 0.2) is 0 Å². The van der Waals surface area contributed by atoms with Gasteiger partial charge in [0, 0.05) is 12.2 Å². The van der Waals surface area contributed by atoms with Crippen LogP contribution in [0.2, 0.25) is 0 Å². The molecule has 6 nitrogen and oxygen atoms in total. The number of methoxy groups -OCH3 is 1. The van der Waals surface area contributed by atoms with Crippen LogP contribution in [-0.4, -0.2) is 28.0 Å². The van der Waals surface area contributed by atoms with Crippen LogP contribution >= 0.6 is 11.3 Å². The molecule has 2 heterocycles. The van der Waals surface area contributed by atoms with Gasteiger partial charge in [-0.25, -0.2) is 8.42 Å². The molecule has 0 saturated heterocycles. The quantitative estimate of drug-likeness (QED) is 0.600. The number of ether oxygens (including phenoxy) is 1. The minimum absolute atomic E-state index is 0.0632. The van der Waals surface area contributed by atoms with Crippen molar-refractivity contribution < 1.29 is 17.9 Å². The molecular weight excluding hydrogens is 432 g/mol. The van der Waals surface area contributed by atoms with Gasteiger partial charge in [0.1, 0.15) is 10.6 Å². The van der Waals surface area contributed by atoms with E-state index in [0.29, 0.717) is 22.9 Å². The summed E-state index contributed by atoms with van der Waals surface area (Å²) < 4.78 is 34.3. The number of hydrogen-bond acceptors (Lipinski definition) is 5. The first-order valence-corrected chi connectivity index (χ1v) is 12.3. The Balaban J connectivity index is 1.69. The Labute approximate surface area is 186 Å². The van der Waals surface area contributed by atoms with Gasteiger partial charge in [0.2, 0.25) is 0 Å². The number of fused-ring (bicyclic) bond motifs is 1. The normalized spacial score (nSPS) is 13.6. The highest BCUT2D eigenvalue weighted by molar-refractivity contribution is 7.92. The van der Waals surface area contributed by atoms with Crippen LogP contribution in [0.4, 0.5) is 11.4 Å². The predicted molar refractivity (Wildman–Crippen MR) is 124 cm³/mol. The Bertz CT molecular complexity index is 1230. The van der Waals surface area contributed by atoms with Gasteiger partial charge in [-0.2, -0.15) is 0 Å². The lowest BCUT2D eigenvalue weighted by atomic mass is 10.0. The molecule has 0 aliphatic carbocycles. The van der Waals surface area contributed by atoms with Crippen molar-refractivity contribution in [3.8, 4) is 5.75 Å². The smallest absolute Gasteiger partial charge is 0.268 e. The molecule has 1 aromatic heterocycles. The molecule has 162 valence electrons. The number of thiophene rings is 1. The molecular formula is C23H24N2O4S2. The van der Waals surface area contributed by atoms with Crippen molar-refractivity contribution in [2.75, 3.05) is 23.3 Å². The number of benzene rings is 2. The molecule has 0 fully saturated rings. The van der Waals surface area contributed by atoms with Crippen molar-refractivity contribution in [2.45, 2.75) is 31.6 Å². The van der Waals surface area contributed by atoms with Crippen molar-refractivity contribution in [1.82, 2.24) is 0 Å². The molecule has 0 unspecified atom stereocenters. The van der Waals surface area contributed by atoms with E-state index < -0.39 is 10.0 Å². The highest BCUT2D eigenvalue weighted by Crippen LogP contribution is 2.34. The zero-order valence-corrected chi connectivity index (χ0v) is 19.3. The molecule has 2 aromatic carbocycles. The second kappa shape index (κ2) is 8.36. The summed E-state index contributed by atoms with van der Waals surface area (Å²) >= 11 is 1.40. The highest BCUT2D eigenvalue weighted by atomic mass is 32.2. The predicted octanol–water partition coefficient (Wildman–Crippen LogP) is 4.77. The first kappa shape index (κ1) is 21.4. The number of aryl methyl sites for hydroxylation is 3. The van der Waals surface area contributed by atoms with Gasteiger partial charge in [0.25, 0.3) is 15.9 Å². The second-order valence-corrected chi connectivity index (χ2v) is 10.2. The number of carbonyl (C=O) groups is 1. The molecule has 4 rings (SSSR count). The fourth-order valence-electron chi connectivity index (χ4n) is 3.73. The molecule has 1 aliphatic rings. The number of hydrogen-bond donors (Lipinski definition) is 1. The van der Waals surface area contributed by atoms with E-state index in [0.717, 1.165) is 35.2 Å². The Morgan fingerprint density at radius 2 is 1.90 bits per heavy atom.